The summed E-state index contributed by atoms with van der Waals surface area (Å²) in [6.45, 7) is 9.00. The number of carbonyl (C=O) groups is 2. The summed E-state index contributed by atoms with van der Waals surface area (Å²) in [5, 5.41) is 0. The van der Waals surface area contributed by atoms with E-state index in [-0.39, 0.29) is 11.9 Å². The molecule has 0 N–H and O–H groups in total. The smallest absolute Gasteiger partial charge is 0.410 e. The van der Waals surface area contributed by atoms with E-state index in [9.17, 15) is 9.59 Å². The number of hydrogen-bond donors (Lipinski definition) is 0. The van der Waals surface area contributed by atoms with Gasteiger partial charge in [0.05, 0.1) is 13.2 Å². The first-order valence-corrected chi connectivity index (χ1v) is 10.00. The van der Waals surface area contributed by atoms with Gasteiger partial charge < -0.3 is 9.47 Å². The van der Waals surface area contributed by atoms with Crippen molar-refractivity contribution in [3.8, 4) is 0 Å². The number of esters is 1. The fraction of sp³-hybridized carbons (Fsp3) is 0.900. The van der Waals surface area contributed by atoms with Crippen molar-refractivity contribution in [2.45, 2.75) is 91.5 Å². The molecule has 0 aliphatic heterocycles. The summed E-state index contributed by atoms with van der Waals surface area (Å²) in [6.07, 6.45) is 9.13. The Bertz CT molecular complexity index is 358. The fourth-order valence-corrected chi connectivity index (χ4v) is 2.61. The average molecular weight is 358 g/mol. The second-order valence-corrected chi connectivity index (χ2v) is 7.16. The van der Waals surface area contributed by atoms with E-state index in [0.29, 0.717) is 19.6 Å². The van der Waals surface area contributed by atoms with E-state index in [0.717, 1.165) is 19.3 Å². The van der Waals surface area contributed by atoms with Crippen LogP contribution in [0.5, 0.6) is 0 Å². The van der Waals surface area contributed by atoms with Crippen molar-refractivity contribution >= 4 is 12.1 Å². The van der Waals surface area contributed by atoms with E-state index in [4.69, 9.17) is 9.47 Å². The topological polar surface area (TPSA) is 55.8 Å². The molecule has 1 atom stereocenters. The van der Waals surface area contributed by atoms with Crippen LogP contribution < -0.4 is 0 Å². The molecular weight excluding hydrogens is 318 g/mol. The summed E-state index contributed by atoms with van der Waals surface area (Å²) in [5.74, 6) is -0.0341. The maximum Gasteiger partial charge on any atom is 0.410 e. The Balaban J connectivity index is 4.24. The van der Waals surface area contributed by atoms with Crippen molar-refractivity contribution in [3.05, 3.63) is 0 Å². The molecule has 0 radical (unpaired) electrons. The zero-order valence-corrected chi connectivity index (χ0v) is 17.0. The van der Waals surface area contributed by atoms with Gasteiger partial charge in [0.15, 0.2) is 0 Å². The minimum atomic E-state index is -0.575. The lowest BCUT2D eigenvalue weighted by Gasteiger charge is -2.27. The van der Waals surface area contributed by atoms with Gasteiger partial charge in [0, 0.05) is 7.05 Å². The number of unbranched alkanes of at least 4 members (excludes halogenated alkanes) is 6. The van der Waals surface area contributed by atoms with Crippen molar-refractivity contribution in [1.82, 2.24) is 4.90 Å². The third-order valence-corrected chi connectivity index (χ3v) is 4.14. The van der Waals surface area contributed by atoms with Crippen LogP contribution in [0.4, 0.5) is 4.79 Å². The highest BCUT2D eigenvalue weighted by molar-refractivity contribution is 5.81. The van der Waals surface area contributed by atoms with E-state index in [1.807, 2.05) is 20.8 Å². The minimum absolute atomic E-state index is 0.289. The molecule has 0 bridgehead atoms. The summed E-state index contributed by atoms with van der Waals surface area (Å²) >= 11 is 0. The number of rotatable bonds is 14. The number of hydrogen-bond acceptors (Lipinski definition) is 4. The number of ether oxygens (including phenoxy) is 2. The van der Waals surface area contributed by atoms with Gasteiger partial charge in [-0.25, -0.2) is 9.59 Å². The molecule has 0 heterocycles. The number of carbonyl (C=O) groups excluding carboxylic acids is 2. The molecule has 5 heteroatoms. The first-order chi connectivity index (χ1) is 11.9. The third kappa shape index (κ3) is 11.8. The Hall–Kier alpha value is -1.26. The number of likely N-dealkylation sites (N-methyl/N-ethyl adjacent to an activating group) is 1. The van der Waals surface area contributed by atoms with Gasteiger partial charge in [-0.1, -0.05) is 66.2 Å². The predicted molar refractivity (Wildman–Crippen MR) is 102 cm³/mol. The van der Waals surface area contributed by atoms with E-state index >= 15 is 0 Å². The predicted octanol–water partition coefficient (Wildman–Crippen LogP) is 5.17. The maximum absolute atomic E-state index is 12.4. The van der Waals surface area contributed by atoms with Gasteiger partial charge in [-0.05, 0) is 25.2 Å². The van der Waals surface area contributed by atoms with Crippen molar-refractivity contribution in [1.29, 1.82) is 0 Å². The standard InChI is InChI=1S/C20H39NO4/c1-6-8-9-10-11-12-13-15-24-19(22)18(16-17(3)4)21(5)20(23)25-14-7-2/h17-18H,6-16H2,1-5H3. The molecule has 0 aromatic carbocycles. The number of nitrogens with zero attached hydrogens (tertiary/aromatic N) is 1. The highest BCUT2D eigenvalue weighted by Gasteiger charge is 2.29. The monoisotopic (exact) mass is 357 g/mol. The fourth-order valence-electron chi connectivity index (χ4n) is 2.61. The van der Waals surface area contributed by atoms with E-state index in [1.54, 1.807) is 7.05 Å². The molecule has 0 saturated heterocycles. The Morgan fingerprint density at radius 3 is 2.00 bits per heavy atom. The van der Waals surface area contributed by atoms with Crippen LogP contribution in [0, 0.1) is 5.92 Å². The Morgan fingerprint density at radius 1 is 0.840 bits per heavy atom. The van der Waals surface area contributed by atoms with Gasteiger partial charge >= 0.3 is 12.1 Å². The Morgan fingerprint density at radius 2 is 1.44 bits per heavy atom. The summed E-state index contributed by atoms with van der Waals surface area (Å²) in [4.78, 5) is 25.8. The van der Waals surface area contributed by atoms with Gasteiger partial charge in [-0.15, -0.1) is 0 Å². The minimum Gasteiger partial charge on any atom is -0.464 e. The van der Waals surface area contributed by atoms with E-state index < -0.39 is 12.1 Å². The second kappa shape index (κ2) is 15.0. The Labute approximate surface area is 154 Å². The molecule has 1 amide bonds. The van der Waals surface area contributed by atoms with Crippen LogP contribution in [0.15, 0.2) is 0 Å². The first-order valence-electron chi connectivity index (χ1n) is 10.00. The molecule has 0 saturated carbocycles. The molecule has 0 aromatic heterocycles. The van der Waals surface area contributed by atoms with Crippen molar-refractivity contribution in [2.24, 2.45) is 5.92 Å². The lowest BCUT2D eigenvalue weighted by molar-refractivity contribution is -0.149. The van der Waals surface area contributed by atoms with Crippen molar-refractivity contribution < 1.29 is 19.1 Å². The van der Waals surface area contributed by atoms with Crippen LogP contribution in [-0.4, -0.2) is 43.3 Å². The van der Waals surface area contributed by atoms with Crippen molar-refractivity contribution in [2.75, 3.05) is 20.3 Å². The third-order valence-electron chi connectivity index (χ3n) is 4.14. The van der Waals surface area contributed by atoms with Gasteiger partial charge in [-0.3, -0.25) is 4.90 Å². The van der Waals surface area contributed by atoms with Gasteiger partial charge in [0.25, 0.3) is 0 Å². The first kappa shape index (κ1) is 23.7. The molecule has 5 nitrogen and oxygen atoms in total. The summed E-state index contributed by atoms with van der Waals surface area (Å²) in [7, 11) is 1.61. The molecule has 0 fully saturated rings. The zero-order chi connectivity index (χ0) is 19.1. The number of amides is 1. The molecule has 1 unspecified atom stereocenters. The van der Waals surface area contributed by atoms with E-state index in [2.05, 4.69) is 6.92 Å². The lowest BCUT2D eigenvalue weighted by Crippen LogP contribution is -2.44. The molecule has 0 aromatic rings. The van der Waals surface area contributed by atoms with Gasteiger partial charge in [0.2, 0.25) is 0 Å². The SMILES string of the molecule is CCCCCCCCCOC(=O)C(CC(C)C)N(C)C(=O)OCCC. The van der Waals surface area contributed by atoms with Crippen LogP contribution in [-0.2, 0) is 14.3 Å². The summed E-state index contributed by atoms with van der Waals surface area (Å²) in [6, 6.07) is -0.575. The highest BCUT2D eigenvalue weighted by atomic mass is 16.6. The molecule has 148 valence electrons. The molecule has 25 heavy (non-hydrogen) atoms. The summed E-state index contributed by atoms with van der Waals surface area (Å²) in [5.41, 5.74) is 0. The van der Waals surface area contributed by atoms with Gasteiger partial charge in [-0.2, -0.15) is 0 Å². The van der Waals surface area contributed by atoms with Crippen LogP contribution in [0.25, 0.3) is 0 Å². The second-order valence-electron chi connectivity index (χ2n) is 7.16. The molecule has 0 aliphatic rings. The molecule has 0 rings (SSSR count). The normalized spacial score (nSPS) is 12.1. The van der Waals surface area contributed by atoms with Gasteiger partial charge in [0.1, 0.15) is 6.04 Å². The molecule has 0 spiro atoms. The summed E-state index contributed by atoms with van der Waals surface area (Å²) < 4.78 is 10.6. The van der Waals surface area contributed by atoms with Crippen LogP contribution >= 0.6 is 0 Å². The molecular formula is C20H39NO4. The Kier molecular flexibility index (Phi) is 14.3. The van der Waals surface area contributed by atoms with E-state index in [1.165, 1.54) is 37.0 Å². The van der Waals surface area contributed by atoms with Crippen LogP contribution in [0.2, 0.25) is 0 Å². The molecule has 0 aliphatic carbocycles. The highest BCUT2D eigenvalue weighted by Crippen LogP contribution is 2.14. The quantitative estimate of drug-likeness (QED) is 0.318. The average Bonchev–Trinajstić information content (AvgIpc) is 2.58. The zero-order valence-electron chi connectivity index (χ0n) is 17.0. The largest absolute Gasteiger partial charge is 0.464 e. The maximum atomic E-state index is 12.4. The lowest BCUT2D eigenvalue weighted by atomic mass is 10.0. The van der Waals surface area contributed by atoms with Crippen LogP contribution in [0.3, 0.4) is 0 Å². The van der Waals surface area contributed by atoms with Crippen molar-refractivity contribution in [3.63, 3.8) is 0 Å². The van der Waals surface area contributed by atoms with Crippen LogP contribution in [0.1, 0.15) is 85.5 Å².